The molecule has 0 aliphatic carbocycles. The van der Waals surface area contributed by atoms with Crippen LogP contribution in [0.15, 0.2) is 77.9 Å². The maximum absolute atomic E-state index is 12.0. The van der Waals surface area contributed by atoms with E-state index in [4.69, 9.17) is 27.9 Å². The maximum atomic E-state index is 12.0. The van der Waals surface area contributed by atoms with E-state index in [2.05, 4.69) is 15.8 Å². The molecule has 2 N–H and O–H groups in total. The lowest BCUT2D eigenvalue weighted by atomic mass is 10.1. The minimum atomic E-state index is -0.842. The molecule has 0 saturated heterocycles. The molecule has 0 fully saturated rings. The Morgan fingerprint density at radius 2 is 1.69 bits per heavy atom. The van der Waals surface area contributed by atoms with Crippen LogP contribution in [0.1, 0.15) is 29.7 Å². The van der Waals surface area contributed by atoms with Crippen LogP contribution in [0.3, 0.4) is 0 Å². The Bertz CT molecular complexity index is 1100. The van der Waals surface area contributed by atoms with E-state index in [9.17, 15) is 9.59 Å². The fourth-order valence-electron chi connectivity index (χ4n) is 2.75. The highest BCUT2D eigenvalue weighted by molar-refractivity contribution is 6.42. The summed E-state index contributed by atoms with van der Waals surface area (Å²) in [5, 5.41) is 7.43. The van der Waals surface area contributed by atoms with Gasteiger partial charge in [-0.25, -0.2) is 5.43 Å². The molecule has 0 saturated carbocycles. The Kier molecular flexibility index (Phi) is 8.25. The van der Waals surface area contributed by atoms with Gasteiger partial charge in [-0.3, -0.25) is 9.59 Å². The minimum absolute atomic E-state index is 0.296. The van der Waals surface area contributed by atoms with E-state index in [0.717, 1.165) is 16.7 Å². The molecule has 0 heterocycles. The van der Waals surface area contributed by atoms with Crippen LogP contribution in [0.4, 0.5) is 0 Å². The molecule has 0 bridgehead atoms. The zero-order valence-electron chi connectivity index (χ0n) is 17.2. The van der Waals surface area contributed by atoms with Crippen LogP contribution < -0.4 is 15.5 Å². The first kappa shape index (κ1) is 23.3. The Balaban J connectivity index is 1.46. The zero-order valence-corrected chi connectivity index (χ0v) is 18.7. The van der Waals surface area contributed by atoms with Gasteiger partial charge in [0.25, 0.3) is 0 Å². The van der Waals surface area contributed by atoms with Crippen molar-refractivity contribution in [3.63, 3.8) is 0 Å². The molecular weight excluding hydrogens is 449 g/mol. The smallest absolute Gasteiger partial charge is 0.329 e. The number of nitrogens with zero attached hydrogens (tertiary/aromatic N) is 1. The van der Waals surface area contributed by atoms with Crippen molar-refractivity contribution in [2.75, 3.05) is 0 Å². The number of benzene rings is 3. The molecule has 3 aromatic carbocycles. The van der Waals surface area contributed by atoms with Gasteiger partial charge in [0, 0.05) is 0 Å². The number of halogens is 2. The summed E-state index contributed by atoms with van der Waals surface area (Å²) in [6.45, 7) is 2.14. The summed E-state index contributed by atoms with van der Waals surface area (Å²) >= 11 is 11.9. The molecule has 3 rings (SSSR count). The molecule has 6 nitrogen and oxygen atoms in total. The summed E-state index contributed by atoms with van der Waals surface area (Å²) in [6, 6.07) is 21.5. The van der Waals surface area contributed by atoms with Gasteiger partial charge in [-0.05, 0) is 60.0 Å². The van der Waals surface area contributed by atoms with Crippen LogP contribution >= 0.6 is 23.2 Å². The van der Waals surface area contributed by atoms with Crippen molar-refractivity contribution in [3.05, 3.63) is 99.5 Å². The van der Waals surface area contributed by atoms with E-state index in [-0.39, 0.29) is 6.04 Å². The van der Waals surface area contributed by atoms with Gasteiger partial charge in [-0.1, -0.05) is 59.6 Å². The van der Waals surface area contributed by atoms with Crippen LogP contribution in [0.2, 0.25) is 10.0 Å². The SMILES string of the molecule is C[C@@H](NC(=O)C(=O)N/N=C\c1ccc(OCc2ccc(Cl)c(Cl)c2)cc1)c1ccccc1. The molecule has 32 heavy (non-hydrogen) atoms. The summed E-state index contributed by atoms with van der Waals surface area (Å²) < 4.78 is 5.72. The van der Waals surface area contributed by atoms with E-state index in [1.807, 2.05) is 36.4 Å². The Hall–Kier alpha value is -3.35. The van der Waals surface area contributed by atoms with Gasteiger partial charge in [0.05, 0.1) is 22.3 Å². The molecule has 2 amide bonds. The highest BCUT2D eigenvalue weighted by Gasteiger charge is 2.16. The largest absolute Gasteiger partial charge is 0.489 e. The number of hydrazone groups is 1. The van der Waals surface area contributed by atoms with Crippen molar-refractivity contribution in [1.82, 2.24) is 10.7 Å². The number of nitrogens with one attached hydrogen (secondary N) is 2. The van der Waals surface area contributed by atoms with Crippen molar-refractivity contribution in [2.24, 2.45) is 5.10 Å². The number of hydrogen-bond acceptors (Lipinski definition) is 4. The number of amides is 2. The molecule has 0 spiro atoms. The number of rotatable bonds is 7. The molecule has 0 aliphatic heterocycles. The van der Waals surface area contributed by atoms with Crippen LogP contribution in [0.5, 0.6) is 5.75 Å². The lowest BCUT2D eigenvalue weighted by Crippen LogP contribution is -2.39. The minimum Gasteiger partial charge on any atom is -0.489 e. The van der Waals surface area contributed by atoms with Gasteiger partial charge in [-0.2, -0.15) is 5.10 Å². The lowest BCUT2D eigenvalue weighted by Gasteiger charge is -2.13. The first-order chi connectivity index (χ1) is 15.4. The Morgan fingerprint density at radius 3 is 2.38 bits per heavy atom. The maximum Gasteiger partial charge on any atom is 0.329 e. The molecule has 0 aliphatic rings. The van der Waals surface area contributed by atoms with Gasteiger partial charge in [0.15, 0.2) is 0 Å². The van der Waals surface area contributed by atoms with E-state index in [1.165, 1.54) is 6.21 Å². The van der Waals surface area contributed by atoms with Gasteiger partial charge in [0.1, 0.15) is 12.4 Å². The molecule has 8 heteroatoms. The van der Waals surface area contributed by atoms with Crippen molar-refractivity contribution in [3.8, 4) is 5.75 Å². The Labute approximate surface area is 196 Å². The molecule has 0 radical (unpaired) electrons. The first-order valence-corrected chi connectivity index (χ1v) is 10.5. The third-order valence-corrected chi connectivity index (χ3v) is 5.24. The molecule has 0 aromatic heterocycles. The highest BCUT2D eigenvalue weighted by atomic mass is 35.5. The van der Waals surface area contributed by atoms with Crippen molar-refractivity contribution < 1.29 is 14.3 Å². The second-order valence-electron chi connectivity index (χ2n) is 6.91. The van der Waals surface area contributed by atoms with Crippen LogP contribution in [-0.2, 0) is 16.2 Å². The monoisotopic (exact) mass is 469 g/mol. The van der Waals surface area contributed by atoms with E-state index < -0.39 is 11.8 Å². The average molecular weight is 470 g/mol. The normalized spacial score (nSPS) is 11.7. The van der Waals surface area contributed by atoms with Crippen molar-refractivity contribution in [1.29, 1.82) is 0 Å². The second-order valence-corrected chi connectivity index (χ2v) is 7.73. The summed E-state index contributed by atoms with van der Waals surface area (Å²) in [4.78, 5) is 24.0. The van der Waals surface area contributed by atoms with E-state index >= 15 is 0 Å². The molecular formula is C24H21Cl2N3O3. The van der Waals surface area contributed by atoms with E-state index in [1.54, 1.807) is 43.3 Å². The van der Waals surface area contributed by atoms with E-state index in [0.29, 0.717) is 22.4 Å². The van der Waals surface area contributed by atoms with Crippen LogP contribution in [0.25, 0.3) is 0 Å². The zero-order chi connectivity index (χ0) is 22.9. The molecule has 164 valence electrons. The predicted molar refractivity (Wildman–Crippen MR) is 126 cm³/mol. The molecule has 1 atom stereocenters. The van der Waals surface area contributed by atoms with Crippen LogP contribution in [0, 0.1) is 0 Å². The van der Waals surface area contributed by atoms with Gasteiger partial charge >= 0.3 is 11.8 Å². The van der Waals surface area contributed by atoms with Gasteiger partial charge in [0.2, 0.25) is 0 Å². The number of carbonyl (C=O) groups excluding carboxylic acids is 2. The second kappa shape index (κ2) is 11.3. The summed E-state index contributed by atoms with van der Waals surface area (Å²) in [5.41, 5.74) is 4.75. The lowest BCUT2D eigenvalue weighted by molar-refractivity contribution is -0.139. The first-order valence-electron chi connectivity index (χ1n) is 9.78. The number of carbonyl (C=O) groups is 2. The molecule has 0 unspecified atom stereocenters. The topological polar surface area (TPSA) is 79.8 Å². The average Bonchev–Trinajstić information content (AvgIpc) is 2.81. The highest BCUT2D eigenvalue weighted by Crippen LogP contribution is 2.23. The summed E-state index contributed by atoms with van der Waals surface area (Å²) in [5.74, 6) is -0.943. The van der Waals surface area contributed by atoms with Gasteiger partial charge in [-0.15, -0.1) is 0 Å². The standard InChI is InChI=1S/C24H21Cl2N3O3/c1-16(19-5-3-2-4-6-19)28-23(30)24(31)29-27-14-17-7-10-20(11-8-17)32-15-18-9-12-21(25)22(26)13-18/h2-14,16H,15H2,1H3,(H,28,30)(H,29,31)/b27-14-/t16-/m1/s1. The fraction of sp³-hybridized carbons (Fsp3) is 0.125. The predicted octanol–water partition coefficient (Wildman–Crippen LogP) is 4.90. The molecule has 3 aromatic rings. The number of ether oxygens (including phenoxy) is 1. The Morgan fingerprint density at radius 1 is 0.969 bits per heavy atom. The third kappa shape index (κ3) is 6.83. The third-order valence-electron chi connectivity index (χ3n) is 4.50. The summed E-state index contributed by atoms with van der Waals surface area (Å²) in [7, 11) is 0. The quantitative estimate of drug-likeness (QED) is 0.293. The van der Waals surface area contributed by atoms with Gasteiger partial charge < -0.3 is 10.1 Å². The fourth-order valence-corrected chi connectivity index (χ4v) is 3.07. The number of hydrogen-bond donors (Lipinski definition) is 2. The van der Waals surface area contributed by atoms with Crippen molar-refractivity contribution >= 4 is 41.2 Å². The summed E-state index contributed by atoms with van der Waals surface area (Å²) in [6.07, 6.45) is 1.44. The van der Waals surface area contributed by atoms with Crippen molar-refractivity contribution in [2.45, 2.75) is 19.6 Å². The van der Waals surface area contributed by atoms with Crippen LogP contribution in [-0.4, -0.2) is 18.0 Å².